The Hall–Kier alpha value is -0.990. The summed E-state index contributed by atoms with van der Waals surface area (Å²) in [6, 6.07) is 0. The summed E-state index contributed by atoms with van der Waals surface area (Å²) in [5, 5.41) is 0. The fourth-order valence-electron chi connectivity index (χ4n) is 5.21. The van der Waals surface area contributed by atoms with Crippen molar-refractivity contribution in [3.63, 3.8) is 0 Å². The molecule has 0 aromatic carbocycles. The van der Waals surface area contributed by atoms with Crippen LogP contribution in [0.5, 0.6) is 0 Å². The van der Waals surface area contributed by atoms with E-state index in [1.165, 1.54) is 38.5 Å². The van der Waals surface area contributed by atoms with Crippen molar-refractivity contribution in [3.8, 4) is 0 Å². The van der Waals surface area contributed by atoms with Gasteiger partial charge in [0.15, 0.2) is 17.5 Å². The highest BCUT2D eigenvalue weighted by molar-refractivity contribution is 5.40. The van der Waals surface area contributed by atoms with Gasteiger partial charge in [-0.05, 0) is 56.3 Å². The summed E-state index contributed by atoms with van der Waals surface area (Å²) in [6.45, 7) is 1.90. The van der Waals surface area contributed by atoms with Crippen molar-refractivity contribution < 1.29 is 4.42 Å². The SMILES string of the molecule is Cc1nc(N)c(C23CC4CC(CC(C4)C2)C3)o1. The number of nitrogens with zero attached hydrogens (tertiary/aromatic N) is 1. The lowest BCUT2D eigenvalue weighted by Gasteiger charge is -2.55. The maximum Gasteiger partial charge on any atom is 0.193 e. The Morgan fingerprint density at radius 1 is 1.12 bits per heavy atom. The molecule has 2 N–H and O–H groups in total. The zero-order valence-electron chi connectivity index (χ0n) is 10.4. The van der Waals surface area contributed by atoms with E-state index in [-0.39, 0.29) is 5.41 Å². The van der Waals surface area contributed by atoms with Gasteiger partial charge >= 0.3 is 0 Å². The van der Waals surface area contributed by atoms with Crippen LogP contribution >= 0.6 is 0 Å². The summed E-state index contributed by atoms with van der Waals surface area (Å²) in [5.41, 5.74) is 6.31. The van der Waals surface area contributed by atoms with Crippen molar-refractivity contribution in [1.29, 1.82) is 0 Å². The first-order valence-corrected chi connectivity index (χ1v) is 6.88. The van der Waals surface area contributed by atoms with E-state index in [0.717, 1.165) is 29.4 Å². The van der Waals surface area contributed by atoms with Gasteiger partial charge in [-0.1, -0.05) is 0 Å². The van der Waals surface area contributed by atoms with Gasteiger partial charge in [-0.3, -0.25) is 0 Å². The molecule has 4 bridgehead atoms. The molecule has 1 heterocycles. The van der Waals surface area contributed by atoms with Crippen molar-refractivity contribution in [2.24, 2.45) is 17.8 Å². The minimum absolute atomic E-state index is 0.250. The minimum Gasteiger partial charge on any atom is -0.443 e. The molecule has 5 rings (SSSR count). The van der Waals surface area contributed by atoms with Crippen molar-refractivity contribution in [2.45, 2.75) is 50.9 Å². The standard InChI is InChI=1S/C14H20N2O/c1-8-16-13(15)12(17-8)14-5-9-2-10(6-14)4-11(3-9)7-14/h9-11H,2-7,15H2,1H3. The van der Waals surface area contributed by atoms with E-state index in [2.05, 4.69) is 4.98 Å². The lowest BCUT2D eigenvalue weighted by atomic mass is 9.49. The van der Waals surface area contributed by atoms with E-state index in [1.54, 1.807) is 0 Å². The number of nitrogens with two attached hydrogens (primary N) is 1. The van der Waals surface area contributed by atoms with E-state index in [4.69, 9.17) is 10.2 Å². The topological polar surface area (TPSA) is 52.0 Å². The Morgan fingerprint density at radius 3 is 2.06 bits per heavy atom. The average molecular weight is 232 g/mol. The van der Waals surface area contributed by atoms with E-state index in [0.29, 0.717) is 5.82 Å². The molecule has 1 aromatic heterocycles. The average Bonchev–Trinajstić information content (AvgIpc) is 2.56. The van der Waals surface area contributed by atoms with Gasteiger partial charge in [0.2, 0.25) is 0 Å². The molecule has 0 unspecified atom stereocenters. The van der Waals surface area contributed by atoms with Crippen LogP contribution in [0.15, 0.2) is 4.42 Å². The predicted octanol–water partition coefficient (Wildman–Crippen LogP) is 3.03. The molecule has 0 saturated heterocycles. The van der Waals surface area contributed by atoms with Crippen molar-refractivity contribution in [3.05, 3.63) is 11.7 Å². The highest BCUT2D eigenvalue weighted by Crippen LogP contribution is 2.61. The molecule has 3 heteroatoms. The lowest BCUT2D eigenvalue weighted by Crippen LogP contribution is -2.48. The van der Waals surface area contributed by atoms with Crippen molar-refractivity contribution in [2.75, 3.05) is 5.73 Å². The highest BCUT2D eigenvalue weighted by Gasteiger charge is 2.54. The van der Waals surface area contributed by atoms with Gasteiger partial charge in [-0.2, -0.15) is 4.98 Å². The summed E-state index contributed by atoms with van der Waals surface area (Å²) < 4.78 is 5.86. The summed E-state index contributed by atoms with van der Waals surface area (Å²) in [5.74, 6) is 5.18. The zero-order valence-corrected chi connectivity index (χ0v) is 10.4. The van der Waals surface area contributed by atoms with Gasteiger partial charge in [-0.25, -0.2) is 0 Å². The third-order valence-electron chi connectivity index (χ3n) is 5.28. The van der Waals surface area contributed by atoms with Crippen LogP contribution in [0.2, 0.25) is 0 Å². The number of oxazole rings is 1. The van der Waals surface area contributed by atoms with E-state index < -0.39 is 0 Å². The Balaban J connectivity index is 1.79. The lowest BCUT2D eigenvalue weighted by molar-refractivity contribution is -0.0150. The first-order valence-electron chi connectivity index (χ1n) is 6.88. The molecular weight excluding hydrogens is 212 g/mol. The summed E-state index contributed by atoms with van der Waals surface area (Å²) >= 11 is 0. The molecule has 0 aliphatic heterocycles. The van der Waals surface area contributed by atoms with Crippen molar-refractivity contribution >= 4 is 5.82 Å². The van der Waals surface area contributed by atoms with Crippen LogP contribution in [0.4, 0.5) is 5.82 Å². The number of aryl methyl sites for hydroxylation is 1. The monoisotopic (exact) mass is 232 g/mol. The summed E-state index contributed by atoms with van der Waals surface area (Å²) in [7, 11) is 0. The fourth-order valence-corrected chi connectivity index (χ4v) is 5.21. The molecular formula is C14H20N2O. The molecule has 17 heavy (non-hydrogen) atoms. The molecule has 4 aliphatic carbocycles. The fraction of sp³-hybridized carbons (Fsp3) is 0.786. The first-order chi connectivity index (χ1) is 8.14. The number of hydrogen-bond acceptors (Lipinski definition) is 3. The Bertz CT molecular complexity index is 428. The molecule has 4 fully saturated rings. The number of nitrogen functional groups attached to an aromatic ring is 1. The zero-order chi connectivity index (χ0) is 11.6. The number of hydrogen-bond donors (Lipinski definition) is 1. The van der Waals surface area contributed by atoms with Gasteiger partial charge in [0.05, 0.1) is 0 Å². The Kier molecular flexibility index (Phi) is 1.80. The Labute approximate surface area is 102 Å². The first kappa shape index (κ1) is 9.98. The molecule has 92 valence electrons. The second kappa shape index (κ2) is 3.06. The number of rotatable bonds is 1. The van der Waals surface area contributed by atoms with E-state index >= 15 is 0 Å². The maximum absolute atomic E-state index is 6.06. The van der Waals surface area contributed by atoms with Crippen molar-refractivity contribution in [1.82, 2.24) is 4.98 Å². The largest absolute Gasteiger partial charge is 0.443 e. The van der Waals surface area contributed by atoms with Gasteiger partial charge in [0, 0.05) is 12.3 Å². The molecule has 0 amide bonds. The maximum atomic E-state index is 6.06. The molecule has 0 atom stereocenters. The van der Waals surface area contributed by atoms with Crippen LogP contribution in [0.25, 0.3) is 0 Å². The number of aromatic nitrogens is 1. The van der Waals surface area contributed by atoms with Crippen LogP contribution in [0.1, 0.15) is 50.2 Å². The molecule has 0 radical (unpaired) electrons. The summed E-state index contributed by atoms with van der Waals surface area (Å²) in [4.78, 5) is 4.28. The van der Waals surface area contributed by atoms with E-state index in [9.17, 15) is 0 Å². The normalized spacial score (nSPS) is 43.2. The highest BCUT2D eigenvalue weighted by atomic mass is 16.4. The molecule has 4 saturated carbocycles. The van der Waals surface area contributed by atoms with Gasteiger partial charge in [0.1, 0.15) is 0 Å². The van der Waals surface area contributed by atoms with Gasteiger partial charge < -0.3 is 10.2 Å². The van der Waals surface area contributed by atoms with Crippen LogP contribution in [0.3, 0.4) is 0 Å². The minimum atomic E-state index is 0.250. The van der Waals surface area contributed by atoms with E-state index in [1.807, 2.05) is 6.92 Å². The third-order valence-corrected chi connectivity index (χ3v) is 5.28. The molecule has 3 nitrogen and oxygen atoms in total. The number of anilines is 1. The quantitative estimate of drug-likeness (QED) is 0.809. The third kappa shape index (κ3) is 1.31. The predicted molar refractivity (Wildman–Crippen MR) is 65.5 cm³/mol. The van der Waals surface area contributed by atoms with Gasteiger partial charge in [0.25, 0.3) is 0 Å². The molecule has 1 aromatic rings. The van der Waals surface area contributed by atoms with Crippen LogP contribution < -0.4 is 5.73 Å². The molecule has 0 spiro atoms. The summed E-state index contributed by atoms with van der Waals surface area (Å²) in [6.07, 6.45) is 8.22. The molecule has 4 aliphatic rings. The van der Waals surface area contributed by atoms with Crippen LogP contribution in [0, 0.1) is 24.7 Å². The Morgan fingerprint density at radius 2 is 1.65 bits per heavy atom. The second-order valence-electron chi connectivity index (χ2n) is 6.65. The van der Waals surface area contributed by atoms with Crippen LogP contribution in [-0.4, -0.2) is 4.98 Å². The van der Waals surface area contributed by atoms with Crippen LogP contribution in [-0.2, 0) is 5.41 Å². The smallest absolute Gasteiger partial charge is 0.193 e. The second-order valence-corrected chi connectivity index (χ2v) is 6.65. The van der Waals surface area contributed by atoms with Gasteiger partial charge in [-0.15, -0.1) is 0 Å².